The Balaban J connectivity index is 1.57. The number of thioether (sulfide) groups is 1. The van der Waals surface area contributed by atoms with Crippen molar-refractivity contribution in [3.63, 3.8) is 0 Å². The van der Waals surface area contributed by atoms with Crippen LogP contribution in [0.2, 0.25) is 0 Å². The summed E-state index contributed by atoms with van der Waals surface area (Å²) < 4.78 is 0. The summed E-state index contributed by atoms with van der Waals surface area (Å²) in [6, 6.07) is 23.2. The second-order valence-corrected chi connectivity index (χ2v) is 10.8. The number of thiophene rings is 1. The van der Waals surface area contributed by atoms with Gasteiger partial charge in [-0.2, -0.15) is 5.26 Å². The lowest BCUT2D eigenvalue weighted by Gasteiger charge is -2.29. The van der Waals surface area contributed by atoms with Gasteiger partial charge >= 0.3 is 0 Å². The molecular formula is C29H28N4O2S2. The van der Waals surface area contributed by atoms with Crippen LogP contribution in [0.5, 0.6) is 0 Å². The normalized spacial score (nSPS) is 15.3. The number of hydrogen-bond acceptors (Lipinski definition) is 6. The van der Waals surface area contributed by atoms with Crippen molar-refractivity contribution in [2.75, 3.05) is 16.4 Å². The third-order valence-corrected chi connectivity index (χ3v) is 7.91. The minimum atomic E-state index is -0.526. The van der Waals surface area contributed by atoms with E-state index in [1.807, 2.05) is 79.0 Å². The number of carbonyl (C=O) groups is 2. The zero-order valence-electron chi connectivity index (χ0n) is 20.9. The Morgan fingerprint density at radius 3 is 2.46 bits per heavy atom. The molecule has 1 atom stereocenters. The van der Waals surface area contributed by atoms with Crippen molar-refractivity contribution in [1.29, 1.82) is 5.26 Å². The Labute approximate surface area is 225 Å². The van der Waals surface area contributed by atoms with Gasteiger partial charge < -0.3 is 16.0 Å². The molecule has 2 amide bonds. The molecular weight excluding hydrogens is 500 g/mol. The molecule has 0 spiro atoms. The summed E-state index contributed by atoms with van der Waals surface area (Å²) in [7, 11) is 0. The lowest BCUT2D eigenvalue weighted by atomic mass is 9.86. The topological polar surface area (TPSA) is 94.0 Å². The fourth-order valence-corrected chi connectivity index (χ4v) is 5.96. The zero-order valence-corrected chi connectivity index (χ0v) is 22.5. The van der Waals surface area contributed by atoms with E-state index in [0.29, 0.717) is 27.6 Å². The summed E-state index contributed by atoms with van der Waals surface area (Å²) in [5, 5.41) is 21.9. The molecule has 0 saturated heterocycles. The van der Waals surface area contributed by atoms with E-state index in [1.54, 1.807) is 0 Å². The van der Waals surface area contributed by atoms with Gasteiger partial charge in [0.05, 0.1) is 28.3 Å². The number of nitrogens with zero attached hydrogens (tertiary/aromatic N) is 1. The summed E-state index contributed by atoms with van der Waals surface area (Å²) in [6.45, 7) is 6.00. The Hall–Kier alpha value is -3.80. The number of anilines is 2. The molecule has 8 heteroatoms. The zero-order chi connectivity index (χ0) is 26.4. The molecule has 1 aliphatic rings. The molecule has 188 valence electrons. The van der Waals surface area contributed by atoms with Gasteiger partial charge in [-0.05, 0) is 48.1 Å². The lowest BCUT2D eigenvalue weighted by Crippen LogP contribution is -2.30. The molecule has 6 nitrogen and oxygen atoms in total. The van der Waals surface area contributed by atoms with Crippen molar-refractivity contribution in [2.45, 2.75) is 32.6 Å². The molecule has 0 fully saturated rings. The van der Waals surface area contributed by atoms with Crippen LogP contribution >= 0.6 is 23.1 Å². The summed E-state index contributed by atoms with van der Waals surface area (Å²) in [4.78, 5) is 27.1. The van der Waals surface area contributed by atoms with Crippen LogP contribution in [0.4, 0.5) is 11.4 Å². The van der Waals surface area contributed by atoms with E-state index in [-0.39, 0.29) is 23.5 Å². The first-order chi connectivity index (χ1) is 17.9. The average molecular weight is 529 g/mol. The van der Waals surface area contributed by atoms with Gasteiger partial charge in [0.15, 0.2) is 0 Å². The third-order valence-electron chi connectivity index (χ3n) is 5.96. The highest BCUT2D eigenvalue weighted by Gasteiger charge is 2.35. The van der Waals surface area contributed by atoms with Crippen molar-refractivity contribution in [3.05, 3.63) is 104 Å². The standard InChI is InChI=1S/C29H28N4O2S2/c1-18(2)21-12-7-8-13-23(21)33-25(34)17-37-29-22(16-30)27(24-14-9-15-36-24)26(19(3)31-29)28(35)32-20-10-5-4-6-11-20/h4-15,18,27,31H,17H2,1-3H3,(H,32,35)(H,33,34). The number of nitrogens with one attached hydrogen (secondary N) is 3. The molecule has 0 saturated carbocycles. The molecule has 4 rings (SSSR count). The predicted molar refractivity (Wildman–Crippen MR) is 152 cm³/mol. The maximum absolute atomic E-state index is 13.4. The van der Waals surface area contributed by atoms with Crippen LogP contribution in [0.1, 0.15) is 43.0 Å². The lowest BCUT2D eigenvalue weighted by molar-refractivity contribution is -0.114. The van der Waals surface area contributed by atoms with Gasteiger partial charge in [-0.3, -0.25) is 9.59 Å². The van der Waals surface area contributed by atoms with Crippen molar-refractivity contribution in [2.24, 2.45) is 0 Å². The molecule has 1 unspecified atom stereocenters. The van der Waals surface area contributed by atoms with Gasteiger partial charge in [0.2, 0.25) is 5.91 Å². The number of nitriles is 1. The summed E-state index contributed by atoms with van der Waals surface area (Å²) in [5.41, 5.74) is 4.10. The molecule has 2 heterocycles. The Morgan fingerprint density at radius 1 is 1.05 bits per heavy atom. The molecule has 3 N–H and O–H groups in total. The first-order valence-electron chi connectivity index (χ1n) is 11.9. The van der Waals surface area contributed by atoms with E-state index in [0.717, 1.165) is 16.1 Å². The van der Waals surface area contributed by atoms with E-state index in [9.17, 15) is 14.9 Å². The number of para-hydroxylation sites is 2. The molecule has 1 aliphatic heterocycles. The van der Waals surface area contributed by atoms with E-state index in [2.05, 4.69) is 35.9 Å². The molecule has 0 radical (unpaired) electrons. The highest BCUT2D eigenvalue weighted by Crippen LogP contribution is 2.42. The largest absolute Gasteiger partial charge is 0.353 e. The van der Waals surface area contributed by atoms with E-state index >= 15 is 0 Å². The summed E-state index contributed by atoms with van der Waals surface area (Å²) in [5.74, 6) is -0.560. The van der Waals surface area contributed by atoms with Crippen molar-refractivity contribution in [3.8, 4) is 6.07 Å². The Kier molecular flexibility index (Phi) is 8.49. The van der Waals surface area contributed by atoms with E-state index in [4.69, 9.17) is 0 Å². The predicted octanol–water partition coefficient (Wildman–Crippen LogP) is 6.58. The van der Waals surface area contributed by atoms with E-state index in [1.165, 1.54) is 23.1 Å². The van der Waals surface area contributed by atoms with Gasteiger partial charge in [0.25, 0.3) is 5.91 Å². The van der Waals surface area contributed by atoms with Gasteiger partial charge in [0, 0.05) is 27.5 Å². The second kappa shape index (κ2) is 12.0. The first kappa shape index (κ1) is 26.3. The highest BCUT2D eigenvalue weighted by molar-refractivity contribution is 8.03. The number of rotatable bonds is 8. The summed E-state index contributed by atoms with van der Waals surface area (Å²) in [6.07, 6.45) is 0. The molecule has 37 heavy (non-hydrogen) atoms. The molecule has 1 aromatic heterocycles. The van der Waals surface area contributed by atoms with Gasteiger partial charge in [0.1, 0.15) is 0 Å². The minimum Gasteiger partial charge on any atom is -0.353 e. The molecule has 0 bridgehead atoms. The van der Waals surface area contributed by atoms with Gasteiger partial charge in [-0.15, -0.1) is 11.3 Å². The maximum Gasteiger partial charge on any atom is 0.254 e. The number of amides is 2. The maximum atomic E-state index is 13.4. The van der Waals surface area contributed by atoms with Gasteiger partial charge in [-0.1, -0.05) is 68.1 Å². The number of benzene rings is 2. The average Bonchev–Trinajstić information content (AvgIpc) is 3.42. The fraction of sp³-hybridized carbons (Fsp3) is 0.207. The van der Waals surface area contributed by atoms with Crippen LogP contribution < -0.4 is 16.0 Å². The number of dihydropyridines is 1. The smallest absolute Gasteiger partial charge is 0.254 e. The van der Waals surface area contributed by atoms with Crippen LogP contribution in [-0.2, 0) is 9.59 Å². The minimum absolute atomic E-state index is 0.121. The molecule has 0 aliphatic carbocycles. The van der Waals surface area contributed by atoms with Crippen LogP contribution in [0.3, 0.4) is 0 Å². The van der Waals surface area contributed by atoms with Crippen LogP contribution in [0.25, 0.3) is 0 Å². The molecule has 3 aromatic rings. The van der Waals surface area contributed by atoms with Crippen molar-refractivity contribution >= 4 is 46.3 Å². The number of carbonyl (C=O) groups excluding carboxylic acids is 2. The van der Waals surface area contributed by atoms with Crippen molar-refractivity contribution in [1.82, 2.24) is 5.32 Å². The van der Waals surface area contributed by atoms with Gasteiger partial charge in [-0.25, -0.2) is 0 Å². The quantitative estimate of drug-likeness (QED) is 0.307. The Morgan fingerprint density at radius 2 is 1.78 bits per heavy atom. The van der Waals surface area contributed by atoms with Crippen molar-refractivity contribution < 1.29 is 9.59 Å². The second-order valence-electron chi connectivity index (χ2n) is 8.87. The SMILES string of the molecule is CC1=C(C(=O)Nc2ccccc2)C(c2cccs2)C(C#N)=C(SCC(=O)Nc2ccccc2C(C)C)N1. The summed E-state index contributed by atoms with van der Waals surface area (Å²) >= 11 is 2.76. The number of hydrogen-bond donors (Lipinski definition) is 3. The Bertz CT molecular complexity index is 1390. The third kappa shape index (κ3) is 6.13. The monoisotopic (exact) mass is 528 g/mol. The number of allylic oxidation sites excluding steroid dienone is 2. The van der Waals surface area contributed by atoms with Crippen LogP contribution in [0.15, 0.2) is 94.0 Å². The van der Waals surface area contributed by atoms with E-state index < -0.39 is 5.92 Å². The fourth-order valence-electron chi connectivity index (χ4n) is 4.23. The van der Waals surface area contributed by atoms with Crippen LogP contribution in [0, 0.1) is 11.3 Å². The van der Waals surface area contributed by atoms with Crippen LogP contribution in [-0.4, -0.2) is 17.6 Å². The molecule has 2 aromatic carbocycles. The highest BCUT2D eigenvalue weighted by atomic mass is 32.2. The first-order valence-corrected chi connectivity index (χ1v) is 13.8.